The smallest absolute Gasteiger partial charge is 0.410 e. The summed E-state index contributed by atoms with van der Waals surface area (Å²) in [4.78, 5) is 38.8. The molecule has 2 amide bonds. The highest BCUT2D eigenvalue weighted by Crippen LogP contribution is 2.37. The summed E-state index contributed by atoms with van der Waals surface area (Å²) >= 11 is 0. The van der Waals surface area contributed by atoms with Crippen LogP contribution < -0.4 is 0 Å². The van der Waals surface area contributed by atoms with Gasteiger partial charge in [0.25, 0.3) is 0 Å². The Labute approximate surface area is 300 Å². The molecular weight excluding hydrogens is 634 g/mol. The van der Waals surface area contributed by atoms with Crippen LogP contribution >= 0.6 is 0 Å². The minimum Gasteiger partial charge on any atom is -0.444 e. The van der Waals surface area contributed by atoms with Crippen LogP contribution in [0.1, 0.15) is 112 Å². The van der Waals surface area contributed by atoms with Crippen molar-refractivity contribution in [2.24, 2.45) is 5.92 Å². The van der Waals surface area contributed by atoms with Gasteiger partial charge in [0, 0.05) is 50.0 Å². The molecule has 0 spiro atoms. The number of amides is 2. The number of ether oxygens (including phenoxy) is 2. The second kappa shape index (κ2) is 19.1. The summed E-state index contributed by atoms with van der Waals surface area (Å²) in [6.45, 7) is 22.2. The zero-order chi connectivity index (χ0) is 37.7. The SMILES string of the molecule is CC.CC(C)(O)O.Cc1cn([C@H]2CC[C@@H](CN(CCCN(CCc3ccccc3)C(=O)OC(C)(C)C)C(=O)OC(C)(C)C)C2)c2ncncc12. The minimum atomic E-state index is -1.50. The molecule has 1 aliphatic rings. The summed E-state index contributed by atoms with van der Waals surface area (Å²) in [5.74, 6) is -1.16. The van der Waals surface area contributed by atoms with Gasteiger partial charge in [-0.1, -0.05) is 44.2 Å². The predicted molar refractivity (Wildman–Crippen MR) is 199 cm³/mol. The first-order valence-corrected chi connectivity index (χ1v) is 18.0. The molecule has 0 bridgehead atoms. The highest BCUT2D eigenvalue weighted by molar-refractivity contribution is 5.79. The normalized spacial score (nSPS) is 16.1. The fourth-order valence-corrected chi connectivity index (χ4v) is 5.77. The quantitative estimate of drug-likeness (QED) is 0.204. The number of nitrogens with zero attached hydrogens (tertiary/aromatic N) is 5. The summed E-state index contributed by atoms with van der Waals surface area (Å²) in [6.07, 6.45) is 9.41. The van der Waals surface area contributed by atoms with E-state index < -0.39 is 17.0 Å². The average molecular weight is 698 g/mol. The standard InChI is InChI=1S/C34H49N5O4.C3H8O2.C2H6/c1-25-22-39(30-29(25)21-35-24-36-30)28-15-14-27(20-28)23-38(32(41)43-34(5,6)7)18-11-17-37(31(40)42-33(2,3)4)19-16-26-12-9-8-10-13-26;1-3(2,4)5;1-2/h8-10,12-13,21-22,24,27-28H,11,14-20,23H2,1-7H3;4-5H,1-2H3;1-2H3/t27-,28+;;/m1../s1. The second-order valence-corrected chi connectivity index (χ2v) is 15.3. The number of aromatic nitrogens is 3. The van der Waals surface area contributed by atoms with E-state index in [4.69, 9.17) is 19.7 Å². The first-order valence-electron chi connectivity index (χ1n) is 18.0. The Balaban J connectivity index is 0.00000114. The molecule has 1 saturated carbocycles. The Morgan fingerprint density at radius 2 is 1.44 bits per heavy atom. The van der Waals surface area contributed by atoms with E-state index in [1.165, 1.54) is 25.0 Å². The number of hydrogen-bond donors (Lipinski definition) is 2. The second-order valence-electron chi connectivity index (χ2n) is 15.3. The van der Waals surface area contributed by atoms with E-state index in [9.17, 15) is 9.59 Å². The molecule has 0 saturated heterocycles. The van der Waals surface area contributed by atoms with Crippen LogP contribution in [0.15, 0.2) is 49.1 Å². The van der Waals surface area contributed by atoms with E-state index in [-0.39, 0.29) is 12.2 Å². The molecule has 11 heteroatoms. The van der Waals surface area contributed by atoms with Gasteiger partial charge in [-0.3, -0.25) is 0 Å². The van der Waals surface area contributed by atoms with Crippen molar-refractivity contribution in [3.05, 3.63) is 60.2 Å². The van der Waals surface area contributed by atoms with Gasteiger partial charge in [-0.25, -0.2) is 19.6 Å². The van der Waals surface area contributed by atoms with Gasteiger partial charge in [-0.2, -0.15) is 0 Å². The van der Waals surface area contributed by atoms with Crippen LogP contribution in [0.4, 0.5) is 9.59 Å². The Bertz CT molecular complexity index is 1450. The fraction of sp³-hybridized carbons (Fsp3) is 0.641. The number of aryl methyl sites for hydroxylation is 1. The Morgan fingerprint density at radius 3 is 2.02 bits per heavy atom. The topological polar surface area (TPSA) is 130 Å². The summed E-state index contributed by atoms with van der Waals surface area (Å²) in [5, 5.41) is 17.2. The molecule has 1 aromatic carbocycles. The molecule has 1 fully saturated rings. The van der Waals surface area contributed by atoms with E-state index in [1.54, 1.807) is 11.2 Å². The lowest BCUT2D eigenvalue weighted by Gasteiger charge is -2.31. The molecule has 4 rings (SSSR count). The van der Waals surface area contributed by atoms with Gasteiger partial charge < -0.3 is 34.1 Å². The maximum absolute atomic E-state index is 13.4. The molecule has 0 aliphatic heterocycles. The molecule has 2 heterocycles. The maximum Gasteiger partial charge on any atom is 0.410 e. The fourth-order valence-electron chi connectivity index (χ4n) is 5.77. The number of benzene rings is 1. The van der Waals surface area contributed by atoms with E-state index in [0.29, 0.717) is 44.6 Å². The molecule has 0 unspecified atom stereocenters. The summed E-state index contributed by atoms with van der Waals surface area (Å²) < 4.78 is 13.8. The lowest BCUT2D eigenvalue weighted by atomic mass is 10.1. The number of carbonyl (C=O) groups excluding carboxylic acids is 2. The van der Waals surface area contributed by atoms with Crippen LogP contribution in [0.25, 0.3) is 11.0 Å². The number of hydrogen-bond acceptors (Lipinski definition) is 8. The zero-order valence-corrected chi connectivity index (χ0v) is 32.4. The zero-order valence-electron chi connectivity index (χ0n) is 32.4. The van der Waals surface area contributed by atoms with E-state index in [2.05, 4.69) is 39.8 Å². The van der Waals surface area contributed by atoms with Crippen molar-refractivity contribution in [3.8, 4) is 0 Å². The number of aliphatic hydroxyl groups is 2. The average Bonchev–Trinajstić information content (AvgIpc) is 3.61. The van der Waals surface area contributed by atoms with Gasteiger partial charge in [0.15, 0.2) is 5.79 Å². The van der Waals surface area contributed by atoms with Gasteiger partial charge in [-0.05, 0) is 111 Å². The van der Waals surface area contributed by atoms with E-state index in [0.717, 1.165) is 36.7 Å². The Morgan fingerprint density at radius 1 is 0.880 bits per heavy atom. The van der Waals surface area contributed by atoms with Crippen LogP contribution in [0.5, 0.6) is 0 Å². The van der Waals surface area contributed by atoms with Crippen LogP contribution in [0.2, 0.25) is 0 Å². The largest absolute Gasteiger partial charge is 0.444 e. The van der Waals surface area contributed by atoms with Crippen molar-refractivity contribution >= 4 is 23.2 Å². The van der Waals surface area contributed by atoms with E-state index >= 15 is 0 Å². The summed E-state index contributed by atoms with van der Waals surface area (Å²) in [7, 11) is 0. The van der Waals surface area contributed by atoms with Crippen molar-refractivity contribution in [3.63, 3.8) is 0 Å². The lowest BCUT2D eigenvalue weighted by molar-refractivity contribution is -0.127. The van der Waals surface area contributed by atoms with Crippen LogP contribution in [-0.4, -0.2) is 89.9 Å². The third kappa shape index (κ3) is 15.5. The van der Waals surface area contributed by atoms with Gasteiger partial charge in [0.05, 0.1) is 0 Å². The molecule has 0 radical (unpaired) electrons. The number of carbonyl (C=O) groups is 2. The monoisotopic (exact) mass is 697 g/mol. The molecule has 2 aromatic heterocycles. The Hall–Kier alpha value is -3.70. The van der Waals surface area contributed by atoms with Crippen molar-refractivity contribution in [2.75, 3.05) is 26.2 Å². The maximum atomic E-state index is 13.4. The third-order valence-electron chi connectivity index (χ3n) is 7.75. The molecule has 2 N–H and O–H groups in total. The highest BCUT2D eigenvalue weighted by Gasteiger charge is 2.32. The first kappa shape index (κ1) is 42.5. The Kier molecular flexibility index (Phi) is 16.2. The first-order chi connectivity index (χ1) is 23.3. The van der Waals surface area contributed by atoms with Crippen molar-refractivity contribution < 1.29 is 29.3 Å². The van der Waals surface area contributed by atoms with Gasteiger partial charge in [-0.15, -0.1) is 0 Å². The van der Waals surface area contributed by atoms with Crippen molar-refractivity contribution in [2.45, 2.75) is 131 Å². The lowest BCUT2D eigenvalue weighted by Crippen LogP contribution is -2.42. The number of rotatable bonds is 10. The third-order valence-corrected chi connectivity index (χ3v) is 7.75. The predicted octanol–water partition coefficient (Wildman–Crippen LogP) is 7.92. The molecule has 1 aliphatic carbocycles. The van der Waals surface area contributed by atoms with Gasteiger partial charge in [0.1, 0.15) is 23.2 Å². The summed E-state index contributed by atoms with van der Waals surface area (Å²) in [6, 6.07) is 10.5. The van der Waals surface area contributed by atoms with Crippen LogP contribution in [0.3, 0.4) is 0 Å². The molecule has 3 aromatic rings. The minimum absolute atomic E-state index is 0.306. The van der Waals surface area contributed by atoms with Gasteiger partial charge in [0.2, 0.25) is 0 Å². The van der Waals surface area contributed by atoms with E-state index in [1.807, 2.05) is 84.7 Å². The summed E-state index contributed by atoms with van der Waals surface area (Å²) in [5.41, 5.74) is 2.14. The van der Waals surface area contributed by atoms with Crippen molar-refractivity contribution in [1.82, 2.24) is 24.3 Å². The molecule has 280 valence electrons. The van der Waals surface area contributed by atoms with Crippen molar-refractivity contribution in [1.29, 1.82) is 0 Å². The molecule has 2 atom stereocenters. The molecule has 50 heavy (non-hydrogen) atoms. The number of fused-ring (bicyclic) bond motifs is 1. The molecule has 11 nitrogen and oxygen atoms in total. The molecular formula is C39H63N5O6. The van der Waals surface area contributed by atoms with Crippen LogP contribution in [0, 0.1) is 12.8 Å². The van der Waals surface area contributed by atoms with Gasteiger partial charge >= 0.3 is 12.2 Å². The van der Waals surface area contributed by atoms with Crippen LogP contribution in [-0.2, 0) is 15.9 Å². The highest BCUT2D eigenvalue weighted by atomic mass is 16.6.